The number of benzene rings is 2. The Bertz CT molecular complexity index is 1460. The van der Waals surface area contributed by atoms with E-state index in [1.54, 1.807) is 11.0 Å². The predicted molar refractivity (Wildman–Crippen MR) is 129 cm³/mol. The maximum absolute atomic E-state index is 13.8. The number of nitrogens with zero attached hydrogens (tertiary/aromatic N) is 1. The summed E-state index contributed by atoms with van der Waals surface area (Å²) < 4.78 is 36.3. The van der Waals surface area contributed by atoms with Gasteiger partial charge in [-0.05, 0) is 61.6 Å². The Morgan fingerprint density at radius 2 is 1.85 bits per heavy atom. The summed E-state index contributed by atoms with van der Waals surface area (Å²) in [4.78, 5) is 28.9. The van der Waals surface area contributed by atoms with Gasteiger partial charge in [-0.25, -0.2) is 8.42 Å². The molecule has 1 amide bonds. The minimum Gasteiger partial charge on any atom is -0.494 e. The number of hydrogen-bond acceptors (Lipinski definition) is 6. The fraction of sp³-hybridized carbons (Fsp3) is 0.385. The van der Waals surface area contributed by atoms with E-state index in [0.29, 0.717) is 29.7 Å². The van der Waals surface area contributed by atoms with E-state index in [9.17, 15) is 18.0 Å². The molecule has 7 nitrogen and oxygen atoms in total. The van der Waals surface area contributed by atoms with Crippen LogP contribution in [0, 0.1) is 13.8 Å². The first-order valence-corrected chi connectivity index (χ1v) is 13.4. The van der Waals surface area contributed by atoms with Gasteiger partial charge in [-0.3, -0.25) is 9.59 Å². The SMILES string of the molecule is CCCOc1ccc(C2c3c(oc4c(C)cc(C)cc4c3=O)C(=O)N2C2CCS(=O)(=O)C2)cc1. The van der Waals surface area contributed by atoms with Gasteiger partial charge in [-0.1, -0.05) is 25.1 Å². The maximum atomic E-state index is 13.8. The van der Waals surface area contributed by atoms with Crippen molar-refractivity contribution >= 4 is 26.7 Å². The highest BCUT2D eigenvalue weighted by Gasteiger charge is 2.48. The summed E-state index contributed by atoms with van der Waals surface area (Å²) in [7, 11) is -3.25. The second-order valence-corrected chi connectivity index (χ2v) is 11.5. The topological polar surface area (TPSA) is 93.9 Å². The smallest absolute Gasteiger partial charge is 0.291 e. The molecule has 0 radical (unpaired) electrons. The summed E-state index contributed by atoms with van der Waals surface area (Å²) in [6.07, 6.45) is 1.21. The number of aryl methyl sites for hydroxylation is 2. The number of sulfone groups is 1. The lowest BCUT2D eigenvalue weighted by molar-refractivity contribution is 0.0662. The molecular weight excluding hydrogens is 454 g/mol. The third-order valence-electron chi connectivity index (χ3n) is 6.61. The zero-order chi connectivity index (χ0) is 24.2. The van der Waals surface area contributed by atoms with E-state index in [1.165, 1.54) is 0 Å². The first-order valence-electron chi connectivity index (χ1n) is 11.5. The van der Waals surface area contributed by atoms with Gasteiger partial charge in [0.1, 0.15) is 11.3 Å². The van der Waals surface area contributed by atoms with Crippen LogP contribution in [0.15, 0.2) is 45.6 Å². The second-order valence-electron chi connectivity index (χ2n) is 9.22. The van der Waals surface area contributed by atoms with Crippen molar-refractivity contribution in [3.8, 4) is 5.75 Å². The van der Waals surface area contributed by atoms with E-state index in [1.807, 2.05) is 51.1 Å². The normalized spacial score (nSPS) is 21.3. The molecule has 0 N–H and O–H groups in total. The molecule has 0 aliphatic carbocycles. The standard InChI is InChI=1S/C26H27NO6S/c1-4-10-32-19-7-5-17(6-8-19)22-21-23(28)20-13-15(2)12-16(3)24(20)33-25(21)26(29)27(22)18-9-11-34(30,31)14-18/h5-8,12-13,18,22H,4,9-11,14H2,1-3H3. The molecule has 2 unspecified atom stereocenters. The van der Waals surface area contributed by atoms with Gasteiger partial charge in [0.2, 0.25) is 5.76 Å². The van der Waals surface area contributed by atoms with Crippen LogP contribution in [0.3, 0.4) is 0 Å². The molecule has 178 valence electrons. The van der Waals surface area contributed by atoms with E-state index < -0.39 is 27.8 Å². The molecule has 2 aromatic carbocycles. The lowest BCUT2D eigenvalue weighted by atomic mass is 9.96. The molecule has 34 heavy (non-hydrogen) atoms. The summed E-state index contributed by atoms with van der Waals surface area (Å²) >= 11 is 0. The van der Waals surface area contributed by atoms with Gasteiger partial charge < -0.3 is 14.1 Å². The summed E-state index contributed by atoms with van der Waals surface area (Å²) in [5.41, 5.74) is 2.83. The van der Waals surface area contributed by atoms with Crippen molar-refractivity contribution in [2.24, 2.45) is 0 Å². The van der Waals surface area contributed by atoms with Crippen LogP contribution in [0.1, 0.15) is 58.6 Å². The van der Waals surface area contributed by atoms with E-state index >= 15 is 0 Å². The third-order valence-corrected chi connectivity index (χ3v) is 8.36. The zero-order valence-electron chi connectivity index (χ0n) is 19.5. The van der Waals surface area contributed by atoms with Crippen LogP contribution >= 0.6 is 0 Å². The van der Waals surface area contributed by atoms with Gasteiger partial charge in [0, 0.05) is 6.04 Å². The third kappa shape index (κ3) is 3.70. The molecule has 1 fully saturated rings. The van der Waals surface area contributed by atoms with E-state index in [4.69, 9.17) is 9.15 Å². The summed E-state index contributed by atoms with van der Waals surface area (Å²) in [5, 5.41) is 0.429. The van der Waals surface area contributed by atoms with Crippen LogP contribution in [0.25, 0.3) is 11.0 Å². The Balaban J connectivity index is 1.70. The fourth-order valence-electron chi connectivity index (χ4n) is 5.11. The second kappa shape index (κ2) is 8.27. The number of carbonyl (C=O) groups is 1. The monoisotopic (exact) mass is 481 g/mol. The number of hydrogen-bond donors (Lipinski definition) is 0. The molecule has 1 aromatic heterocycles. The highest BCUT2D eigenvalue weighted by atomic mass is 32.2. The molecule has 2 aliphatic rings. The number of amides is 1. The van der Waals surface area contributed by atoms with Crippen molar-refractivity contribution in [1.82, 2.24) is 4.90 Å². The van der Waals surface area contributed by atoms with Gasteiger partial charge in [0.05, 0.1) is 35.1 Å². The molecular formula is C26H27NO6S. The van der Waals surface area contributed by atoms with Gasteiger partial charge in [0.25, 0.3) is 5.91 Å². The van der Waals surface area contributed by atoms with Gasteiger partial charge in [-0.15, -0.1) is 0 Å². The van der Waals surface area contributed by atoms with Gasteiger partial charge in [0.15, 0.2) is 15.3 Å². The Kier molecular flexibility index (Phi) is 5.51. The van der Waals surface area contributed by atoms with Crippen molar-refractivity contribution in [2.45, 2.75) is 45.7 Å². The molecule has 5 rings (SSSR count). The predicted octanol–water partition coefficient (Wildman–Crippen LogP) is 3.93. The van der Waals surface area contributed by atoms with Crippen molar-refractivity contribution in [3.05, 3.63) is 74.6 Å². The minimum absolute atomic E-state index is 0.00469. The van der Waals surface area contributed by atoms with E-state index in [-0.39, 0.29) is 28.3 Å². The van der Waals surface area contributed by atoms with Crippen LogP contribution < -0.4 is 10.2 Å². The van der Waals surface area contributed by atoms with Gasteiger partial charge in [-0.2, -0.15) is 0 Å². The maximum Gasteiger partial charge on any atom is 0.291 e. The largest absolute Gasteiger partial charge is 0.494 e. The molecule has 0 bridgehead atoms. The Labute approximate surface area is 198 Å². The molecule has 3 heterocycles. The summed E-state index contributed by atoms with van der Waals surface area (Å²) in [5.74, 6) is 0.169. The first kappa shape index (κ1) is 22.7. The lowest BCUT2D eigenvalue weighted by Gasteiger charge is -2.30. The molecule has 0 spiro atoms. The first-order chi connectivity index (χ1) is 16.2. The van der Waals surface area contributed by atoms with Crippen LogP contribution in [0.4, 0.5) is 0 Å². The summed E-state index contributed by atoms with van der Waals surface area (Å²) in [6.45, 7) is 6.37. The van der Waals surface area contributed by atoms with Crippen LogP contribution in [-0.2, 0) is 9.84 Å². The average molecular weight is 482 g/mol. The lowest BCUT2D eigenvalue weighted by Crippen LogP contribution is -2.40. The number of rotatable bonds is 5. The number of ether oxygens (including phenoxy) is 1. The summed E-state index contributed by atoms with van der Waals surface area (Å²) in [6, 6.07) is 9.74. The van der Waals surface area contributed by atoms with E-state index in [2.05, 4.69) is 0 Å². The Morgan fingerprint density at radius 3 is 2.50 bits per heavy atom. The molecule has 2 aliphatic heterocycles. The highest BCUT2D eigenvalue weighted by molar-refractivity contribution is 7.91. The zero-order valence-corrected chi connectivity index (χ0v) is 20.3. The minimum atomic E-state index is -3.25. The molecule has 3 aromatic rings. The van der Waals surface area contributed by atoms with Crippen molar-refractivity contribution in [2.75, 3.05) is 18.1 Å². The number of carbonyl (C=O) groups excluding carboxylic acids is 1. The highest BCUT2D eigenvalue weighted by Crippen LogP contribution is 2.42. The molecule has 2 atom stereocenters. The molecule has 8 heteroatoms. The van der Waals surface area contributed by atoms with Crippen molar-refractivity contribution < 1.29 is 22.4 Å². The van der Waals surface area contributed by atoms with Crippen LogP contribution in [0.5, 0.6) is 5.75 Å². The quantitative estimate of drug-likeness (QED) is 0.548. The fourth-order valence-corrected chi connectivity index (χ4v) is 6.82. The van der Waals surface area contributed by atoms with Gasteiger partial charge >= 0.3 is 0 Å². The van der Waals surface area contributed by atoms with Crippen LogP contribution in [-0.4, -0.2) is 43.4 Å². The Morgan fingerprint density at radius 1 is 1.12 bits per heavy atom. The van der Waals surface area contributed by atoms with E-state index in [0.717, 1.165) is 23.1 Å². The van der Waals surface area contributed by atoms with Crippen molar-refractivity contribution in [3.63, 3.8) is 0 Å². The molecule has 0 saturated carbocycles. The Hall–Kier alpha value is -3.13. The average Bonchev–Trinajstić information content (AvgIpc) is 3.30. The van der Waals surface area contributed by atoms with Crippen molar-refractivity contribution in [1.29, 1.82) is 0 Å². The molecule has 1 saturated heterocycles. The number of fused-ring (bicyclic) bond motifs is 2. The van der Waals surface area contributed by atoms with Crippen LogP contribution in [0.2, 0.25) is 0 Å².